The fraction of sp³-hybridized carbons (Fsp3) is 0.111. The maximum Gasteiger partial charge on any atom is 0.351 e. The second-order valence-corrected chi connectivity index (χ2v) is 5.36. The Balaban J connectivity index is 1.61. The minimum Gasteiger partial charge on any atom is -0.490 e. The van der Waals surface area contributed by atoms with Gasteiger partial charge in [-0.3, -0.25) is 0 Å². The third kappa shape index (κ3) is 3.75. The SMILES string of the molecule is O=C(OCCOc1cccc(Cl)c1)c1cc2ccccc2oc1=O. The van der Waals surface area contributed by atoms with Crippen molar-refractivity contribution in [3.8, 4) is 5.75 Å². The summed E-state index contributed by atoms with van der Waals surface area (Å²) < 4.78 is 15.6. The molecule has 3 aromatic rings. The van der Waals surface area contributed by atoms with Gasteiger partial charge in [0.25, 0.3) is 0 Å². The van der Waals surface area contributed by atoms with E-state index in [9.17, 15) is 9.59 Å². The molecule has 1 heterocycles. The van der Waals surface area contributed by atoms with Gasteiger partial charge in [-0.05, 0) is 30.3 Å². The molecule has 3 rings (SSSR count). The van der Waals surface area contributed by atoms with Crippen LogP contribution in [0.1, 0.15) is 10.4 Å². The van der Waals surface area contributed by atoms with Crippen molar-refractivity contribution < 1.29 is 18.7 Å². The van der Waals surface area contributed by atoms with Gasteiger partial charge in [-0.1, -0.05) is 35.9 Å². The van der Waals surface area contributed by atoms with Crippen molar-refractivity contribution in [2.45, 2.75) is 0 Å². The van der Waals surface area contributed by atoms with Crippen molar-refractivity contribution in [2.24, 2.45) is 0 Å². The van der Waals surface area contributed by atoms with E-state index in [4.69, 9.17) is 25.5 Å². The molecular weight excluding hydrogens is 332 g/mol. The number of hydrogen-bond donors (Lipinski definition) is 0. The minimum atomic E-state index is -0.746. The van der Waals surface area contributed by atoms with Crippen LogP contribution in [0.25, 0.3) is 11.0 Å². The van der Waals surface area contributed by atoms with E-state index >= 15 is 0 Å². The lowest BCUT2D eigenvalue weighted by Gasteiger charge is -2.07. The highest BCUT2D eigenvalue weighted by molar-refractivity contribution is 6.30. The van der Waals surface area contributed by atoms with Gasteiger partial charge in [0, 0.05) is 10.4 Å². The van der Waals surface area contributed by atoms with Gasteiger partial charge in [0.15, 0.2) is 0 Å². The molecule has 0 aliphatic heterocycles. The second kappa shape index (κ2) is 7.19. The molecule has 0 atom stereocenters. The zero-order chi connectivity index (χ0) is 16.9. The Hall–Kier alpha value is -2.79. The molecule has 122 valence electrons. The highest BCUT2D eigenvalue weighted by Gasteiger charge is 2.15. The smallest absolute Gasteiger partial charge is 0.351 e. The van der Waals surface area contributed by atoms with Crippen LogP contribution in [0.2, 0.25) is 5.02 Å². The summed E-state index contributed by atoms with van der Waals surface area (Å²) >= 11 is 5.84. The van der Waals surface area contributed by atoms with Crippen molar-refractivity contribution in [1.82, 2.24) is 0 Å². The first-order chi connectivity index (χ1) is 11.6. The molecule has 0 bridgehead atoms. The van der Waals surface area contributed by atoms with Crippen molar-refractivity contribution >= 4 is 28.5 Å². The van der Waals surface area contributed by atoms with Gasteiger partial charge in [-0.2, -0.15) is 0 Å². The first-order valence-electron chi connectivity index (χ1n) is 7.22. The van der Waals surface area contributed by atoms with E-state index in [1.54, 1.807) is 48.5 Å². The fourth-order valence-electron chi connectivity index (χ4n) is 2.13. The maximum absolute atomic E-state index is 12.0. The Morgan fingerprint density at radius 2 is 1.88 bits per heavy atom. The summed E-state index contributed by atoms with van der Waals surface area (Å²) in [5.41, 5.74) is -0.450. The summed E-state index contributed by atoms with van der Waals surface area (Å²) in [4.78, 5) is 23.9. The molecule has 2 aromatic carbocycles. The van der Waals surface area contributed by atoms with E-state index in [0.29, 0.717) is 21.7 Å². The number of halogens is 1. The summed E-state index contributed by atoms with van der Waals surface area (Å²) in [6.07, 6.45) is 0. The minimum absolute atomic E-state index is 0.00237. The van der Waals surface area contributed by atoms with Gasteiger partial charge in [0.2, 0.25) is 0 Å². The molecule has 0 N–H and O–H groups in total. The van der Waals surface area contributed by atoms with Crippen molar-refractivity contribution in [1.29, 1.82) is 0 Å². The van der Waals surface area contributed by atoms with E-state index in [1.807, 2.05) is 0 Å². The number of rotatable bonds is 5. The van der Waals surface area contributed by atoms with Gasteiger partial charge in [0.1, 0.15) is 30.1 Å². The second-order valence-electron chi connectivity index (χ2n) is 4.93. The Labute approximate surface area is 142 Å². The summed E-state index contributed by atoms with van der Waals surface area (Å²) in [5.74, 6) is -0.173. The van der Waals surface area contributed by atoms with E-state index < -0.39 is 11.6 Å². The van der Waals surface area contributed by atoms with Crippen molar-refractivity contribution in [3.63, 3.8) is 0 Å². The normalized spacial score (nSPS) is 10.5. The summed E-state index contributed by atoms with van der Waals surface area (Å²) in [7, 11) is 0. The van der Waals surface area contributed by atoms with E-state index in [1.165, 1.54) is 6.07 Å². The third-order valence-electron chi connectivity index (χ3n) is 3.24. The zero-order valence-corrected chi connectivity index (χ0v) is 13.3. The zero-order valence-electron chi connectivity index (χ0n) is 12.5. The molecule has 0 fully saturated rings. The number of fused-ring (bicyclic) bond motifs is 1. The largest absolute Gasteiger partial charge is 0.490 e. The highest BCUT2D eigenvalue weighted by Crippen LogP contribution is 2.17. The summed E-state index contributed by atoms with van der Waals surface area (Å²) in [5, 5.41) is 1.21. The molecule has 0 aliphatic carbocycles. The lowest BCUT2D eigenvalue weighted by atomic mass is 10.2. The Kier molecular flexibility index (Phi) is 4.82. The van der Waals surface area contributed by atoms with Gasteiger partial charge < -0.3 is 13.9 Å². The van der Waals surface area contributed by atoms with Crippen LogP contribution in [-0.2, 0) is 4.74 Å². The molecule has 0 saturated heterocycles. The molecule has 0 radical (unpaired) electrons. The predicted octanol–water partition coefficient (Wildman–Crippen LogP) is 3.68. The van der Waals surface area contributed by atoms with Crippen LogP contribution < -0.4 is 10.4 Å². The number of para-hydroxylation sites is 1. The average Bonchev–Trinajstić information content (AvgIpc) is 2.58. The lowest BCUT2D eigenvalue weighted by molar-refractivity contribution is 0.0446. The quantitative estimate of drug-likeness (QED) is 0.401. The third-order valence-corrected chi connectivity index (χ3v) is 3.48. The van der Waals surface area contributed by atoms with Crippen LogP contribution in [0, 0.1) is 0 Å². The van der Waals surface area contributed by atoms with Gasteiger partial charge in [-0.15, -0.1) is 0 Å². The lowest BCUT2D eigenvalue weighted by Crippen LogP contribution is -2.19. The number of benzene rings is 2. The van der Waals surface area contributed by atoms with Crippen LogP contribution >= 0.6 is 11.6 Å². The molecular formula is C18H13ClO5. The fourth-order valence-corrected chi connectivity index (χ4v) is 2.31. The number of carbonyl (C=O) groups excluding carboxylic acids is 1. The maximum atomic E-state index is 12.0. The Morgan fingerprint density at radius 3 is 2.71 bits per heavy atom. The van der Waals surface area contributed by atoms with Crippen LogP contribution in [0.15, 0.2) is 63.8 Å². The van der Waals surface area contributed by atoms with Crippen LogP contribution in [0.4, 0.5) is 0 Å². The molecule has 6 heteroatoms. The van der Waals surface area contributed by atoms with Crippen LogP contribution in [0.3, 0.4) is 0 Å². The van der Waals surface area contributed by atoms with E-state index in [0.717, 1.165) is 0 Å². The molecule has 0 unspecified atom stereocenters. The van der Waals surface area contributed by atoms with Gasteiger partial charge in [-0.25, -0.2) is 9.59 Å². The van der Waals surface area contributed by atoms with E-state index in [-0.39, 0.29) is 18.8 Å². The monoisotopic (exact) mass is 344 g/mol. The first kappa shape index (κ1) is 16.1. The molecule has 5 nitrogen and oxygen atoms in total. The average molecular weight is 345 g/mol. The van der Waals surface area contributed by atoms with Gasteiger partial charge >= 0.3 is 11.6 Å². The summed E-state index contributed by atoms with van der Waals surface area (Å²) in [6, 6.07) is 15.3. The number of ether oxygens (including phenoxy) is 2. The van der Waals surface area contributed by atoms with Crippen molar-refractivity contribution in [3.05, 3.63) is 75.6 Å². The number of hydrogen-bond acceptors (Lipinski definition) is 5. The molecule has 0 saturated carbocycles. The standard InChI is InChI=1S/C18H13ClO5/c19-13-5-3-6-14(11-13)22-8-9-23-17(20)15-10-12-4-1-2-7-16(12)24-18(15)21/h1-7,10-11H,8-9H2. The topological polar surface area (TPSA) is 65.7 Å². The summed E-state index contributed by atoms with van der Waals surface area (Å²) in [6.45, 7) is 0.141. The first-order valence-corrected chi connectivity index (χ1v) is 7.60. The molecule has 0 amide bonds. The molecule has 0 aliphatic rings. The number of esters is 1. The number of carbonyl (C=O) groups is 1. The van der Waals surface area contributed by atoms with Crippen molar-refractivity contribution in [2.75, 3.05) is 13.2 Å². The van der Waals surface area contributed by atoms with E-state index in [2.05, 4.69) is 0 Å². The molecule has 1 aromatic heterocycles. The van der Waals surface area contributed by atoms with Crippen LogP contribution in [-0.4, -0.2) is 19.2 Å². The Bertz CT molecular complexity index is 932. The highest BCUT2D eigenvalue weighted by atomic mass is 35.5. The molecule has 24 heavy (non-hydrogen) atoms. The van der Waals surface area contributed by atoms with Crippen LogP contribution in [0.5, 0.6) is 5.75 Å². The predicted molar refractivity (Wildman–Crippen MR) is 89.7 cm³/mol. The Morgan fingerprint density at radius 1 is 1.04 bits per heavy atom. The van der Waals surface area contributed by atoms with Gasteiger partial charge in [0.05, 0.1) is 0 Å². The molecule has 0 spiro atoms.